The smallest absolute Gasteiger partial charge is 0.126 e. The van der Waals surface area contributed by atoms with E-state index in [0.717, 1.165) is 17.1 Å². The normalized spacial score (nSPS) is 12.4. The second-order valence-electron chi connectivity index (χ2n) is 6.36. The third-order valence-electron chi connectivity index (χ3n) is 2.00. The first kappa shape index (κ1) is 13.9. The molecule has 2 nitrogen and oxygen atoms in total. The zero-order valence-electron chi connectivity index (χ0n) is 12.0. The Labute approximate surface area is 105 Å². The minimum Gasteiger partial charge on any atom is -0.488 e. The maximum absolute atomic E-state index is 5.91. The fraction of sp³-hybridized carbons (Fsp3) is 0.600. The first-order valence-electron chi connectivity index (χ1n) is 6.05. The molecule has 0 saturated heterocycles. The van der Waals surface area contributed by atoms with Crippen LogP contribution in [0.3, 0.4) is 0 Å². The van der Waals surface area contributed by atoms with Gasteiger partial charge in [-0.3, -0.25) is 0 Å². The Morgan fingerprint density at radius 2 is 1.35 bits per heavy atom. The molecule has 0 radical (unpaired) electrons. The number of ether oxygens (including phenoxy) is 2. The lowest BCUT2D eigenvalue weighted by Gasteiger charge is -2.25. The van der Waals surface area contributed by atoms with Gasteiger partial charge in [0, 0.05) is 6.07 Å². The summed E-state index contributed by atoms with van der Waals surface area (Å²) in [6, 6.07) is 5.98. The fourth-order valence-corrected chi connectivity index (χ4v) is 1.44. The topological polar surface area (TPSA) is 18.5 Å². The van der Waals surface area contributed by atoms with E-state index < -0.39 is 0 Å². The van der Waals surface area contributed by atoms with Gasteiger partial charge in [0.2, 0.25) is 0 Å². The zero-order chi connectivity index (χ0) is 13.3. The van der Waals surface area contributed by atoms with Gasteiger partial charge in [0.05, 0.1) is 0 Å². The highest BCUT2D eigenvalue weighted by Gasteiger charge is 2.16. The minimum atomic E-state index is -0.189. The Kier molecular flexibility index (Phi) is 3.75. The molecule has 0 atom stereocenters. The van der Waals surface area contributed by atoms with Crippen molar-refractivity contribution in [3.05, 3.63) is 23.8 Å². The quantitative estimate of drug-likeness (QED) is 0.760. The summed E-state index contributed by atoms with van der Waals surface area (Å²) < 4.78 is 11.7. The molecule has 0 aliphatic carbocycles. The van der Waals surface area contributed by atoms with Crippen molar-refractivity contribution in [1.29, 1.82) is 0 Å². The van der Waals surface area contributed by atoms with Crippen LogP contribution in [0.4, 0.5) is 0 Å². The SMILES string of the molecule is Cc1ccc(OC(C)(C)C)cc1OC(C)(C)C. The molecule has 0 bridgehead atoms. The number of benzene rings is 1. The van der Waals surface area contributed by atoms with Crippen molar-refractivity contribution in [3.8, 4) is 11.5 Å². The predicted molar refractivity (Wildman–Crippen MR) is 71.9 cm³/mol. The van der Waals surface area contributed by atoms with Gasteiger partial charge >= 0.3 is 0 Å². The van der Waals surface area contributed by atoms with Gasteiger partial charge in [-0.15, -0.1) is 0 Å². The summed E-state index contributed by atoms with van der Waals surface area (Å²) >= 11 is 0. The largest absolute Gasteiger partial charge is 0.488 e. The third kappa shape index (κ3) is 5.12. The van der Waals surface area contributed by atoms with Crippen LogP contribution in [0.2, 0.25) is 0 Å². The van der Waals surface area contributed by atoms with E-state index >= 15 is 0 Å². The van der Waals surface area contributed by atoms with Crippen LogP contribution in [0.25, 0.3) is 0 Å². The second-order valence-corrected chi connectivity index (χ2v) is 6.36. The highest BCUT2D eigenvalue weighted by Crippen LogP contribution is 2.29. The van der Waals surface area contributed by atoms with E-state index in [2.05, 4.69) is 0 Å². The van der Waals surface area contributed by atoms with Crippen molar-refractivity contribution in [3.63, 3.8) is 0 Å². The summed E-state index contributed by atoms with van der Waals surface area (Å²) in [5.41, 5.74) is 0.750. The molecule has 0 aromatic heterocycles. The Hall–Kier alpha value is -1.18. The van der Waals surface area contributed by atoms with E-state index in [9.17, 15) is 0 Å². The summed E-state index contributed by atoms with van der Waals surface area (Å²) in [6.45, 7) is 14.3. The summed E-state index contributed by atoms with van der Waals surface area (Å²) in [5.74, 6) is 1.74. The molecule has 0 fully saturated rings. The monoisotopic (exact) mass is 236 g/mol. The van der Waals surface area contributed by atoms with Crippen molar-refractivity contribution >= 4 is 0 Å². The van der Waals surface area contributed by atoms with Gasteiger partial charge in [0.25, 0.3) is 0 Å². The van der Waals surface area contributed by atoms with E-state index in [4.69, 9.17) is 9.47 Å². The number of aryl methyl sites for hydroxylation is 1. The maximum Gasteiger partial charge on any atom is 0.126 e. The molecule has 0 saturated carbocycles. The van der Waals surface area contributed by atoms with Crippen molar-refractivity contribution in [1.82, 2.24) is 0 Å². The van der Waals surface area contributed by atoms with Crippen LogP contribution in [-0.2, 0) is 0 Å². The molecule has 2 heteroatoms. The van der Waals surface area contributed by atoms with E-state index in [0.29, 0.717) is 0 Å². The number of rotatable bonds is 2. The second kappa shape index (κ2) is 4.59. The van der Waals surface area contributed by atoms with Crippen molar-refractivity contribution in [2.45, 2.75) is 59.7 Å². The zero-order valence-corrected chi connectivity index (χ0v) is 12.0. The highest BCUT2D eigenvalue weighted by atomic mass is 16.5. The van der Waals surface area contributed by atoms with Crippen LogP contribution in [0.5, 0.6) is 11.5 Å². The van der Waals surface area contributed by atoms with Crippen LogP contribution in [0.1, 0.15) is 47.1 Å². The highest BCUT2D eigenvalue weighted by molar-refractivity contribution is 5.40. The number of hydrogen-bond acceptors (Lipinski definition) is 2. The summed E-state index contributed by atoms with van der Waals surface area (Å²) in [4.78, 5) is 0. The Morgan fingerprint density at radius 3 is 1.82 bits per heavy atom. The molecule has 0 unspecified atom stereocenters. The lowest BCUT2D eigenvalue weighted by Crippen LogP contribution is -2.24. The first-order valence-corrected chi connectivity index (χ1v) is 6.05. The minimum absolute atomic E-state index is 0.186. The molecular weight excluding hydrogens is 212 g/mol. The van der Waals surface area contributed by atoms with Crippen LogP contribution in [0.15, 0.2) is 18.2 Å². The third-order valence-corrected chi connectivity index (χ3v) is 2.00. The average Bonchev–Trinajstić information content (AvgIpc) is 2.05. The van der Waals surface area contributed by atoms with Crippen LogP contribution < -0.4 is 9.47 Å². The molecule has 1 aromatic rings. The molecule has 0 amide bonds. The van der Waals surface area contributed by atoms with Gasteiger partial charge in [0.1, 0.15) is 22.7 Å². The Balaban J connectivity index is 2.95. The number of hydrogen-bond donors (Lipinski definition) is 0. The first-order chi connectivity index (χ1) is 7.57. The van der Waals surface area contributed by atoms with Gasteiger partial charge in [-0.1, -0.05) is 6.07 Å². The standard InChI is InChI=1S/C15H24O2/c1-11-8-9-12(16-14(2,3)4)10-13(11)17-15(5,6)7/h8-10H,1-7H3. The van der Waals surface area contributed by atoms with Gasteiger partial charge in [-0.05, 0) is 60.1 Å². The van der Waals surface area contributed by atoms with E-state index in [1.54, 1.807) is 0 Å². The molecule has 0 spiro atoms. The lowest BCUT2D eigenvalue weighted by atomic mass is 10.1. The summed E-state index contributed by atoms with van der Waals surface area (Å²) in [7, 11) is 0. The maximum atomic E-state index is 5.91. The van der Waals surface area contributed by atoms with Crippen LogP contribution >= 0.6 is 0 Å². The van der Waals surface area contributed by atoms with Gasteiger partial charge < -0.3 is 9.47 Å². The molecule has 1 aromatic carbocycles. The molecule has 0 heterocycles. The molecule has 96 valence electrons. The summed E-state index contributed by atoms with van der Waals surface area (Å²) in [6.07, 6.45) is 0. The van der Waals surface area contributed by atoms with E-state index in [1.807, 2.05) is 66.7 Å². The summed E-state index contributed by atoms with van der Waals surface area (Å²) in [5, 5.41) is 0. The average molecular weight is 236 g/mol. The predicted octanol–water partition coefficient (Wildman–Crippen LogP) is 4.35. The molecule has 0 aliphatic heterocycles. The Bertz CT molecular complexity index is 381. The molecule has 0 aliphatic rings. The molecule has 17 heavy (non-hydrogen) atoms. The van der Waals surface area contributed by atoms with Crippen LogP contribution in [-0.4, -0.2) is 11.2 Å². The fourth-order valence-electron chi connectivity index (χ4n) is 1.44. The molecular formula is C15H24O2. The van der Waals surface area contributed by atoms with Crippen molar-refractivity contribution < 1.29 is 9.47 Å². The van der Waals surface area contributed by atoms with Gasteiger partial charge in [-0.25, -0.2) is 0 Å². The van der Waals surface area contributed by atoms with E-state index in [-0.39, 0.29) is 11.2 Å². The van der Waals surface area contributed by atoms with Crippen LogP contribution in [0, 0.1) is 6.92 Å². The molecule has 0 N–H and O–H groups in total. The lowest BCUT2D eigenvalue weighted by molar-refractivity contribution is 0.120. The van der Waals surface area contributed by atoms with E-state index in [1.165, 1.54) is 0 Å². The van der Waals surface area contributed by atoms with Crippen molar-refractivity contribution in [2.24, 2.45) is 0 Å². The van der Waals surface area contributed by atoms with Gasteiger partial charge in [-0.2, -0.15) is 0 Å². The Morgan fingerprint density at radius 1 is 0.824 bits per heavy atom. The van der Waals surface area contributed by atoms with Gasteiger partial charge in [0.15, 0.2) is 0 Å². The van der Waals surface area contributed by atoms with Crippen molar-refractivity contribution in [2.75, 3.05) is 0 Å². The molecule has 1 rings (SSSR count).